The summed E-state index contributed by atoms with van der Waals surface area (Å²) >= 11 is 0. The third-order valence-corrected chi connectivity index (χ3v) is 3.44. The third kappa shape index (κ3) is 4.05. The van der Waals surface area contributed by atoms with E-state index in [-0.39, 0.29) is 11.8 Å². The van der Waals surface area contributed by atoms with Crippen LogP contribution < -0.4 is 0 Å². The van der Waals surface area contributed by atoms with Gasteiger partial charge in [-0.25, -0.2) is 0 Å². The molecular formula is C17H20N2O2. The zero-order valence-electron chi connectivity index (χ0n) is 12.2. The molecule has 0 unspecified atom stereocenters. The van der Waals surface area contributed by atoms with Gasteiger partial charge in [0.25, 0.3) is 5.91 Å². The Balaban J connectivity index is 1.88. The Bertz CT molecular complexity index is 541. The van der Waals surface area contributed by atoms with Gasteiger partial charge in [0.2, 0.25) is 5.91 Å². The van der Waals surface area contributed by atoms with Crippen molar-refractivity contribution in [1.82, 2.24) is 9.80 Å². The second kappa shape index (κ2) is 7.43. The molecule has 21 heavy (non-hydrogen) atoms. The van der Waals surface area contributed by atoms with E-state index in [1.807, 2.05) is 49.4 Å². The van der Waals surface area contributed by atoms with Crippen LogP contribution in [-0.2, 0) is 4.79 Å². The number of rotatable bonds is 3. The molecule has 0 aromatic heterocycles. The van der Waals surface area contributed by atoms with Gasteiger partial charge in [0.1, 0.15) is 0 Å². The molecule has 0 N–H and O–H groups in total. The lowest BCUT2D eigenvalue weighted by molar-refractivity contribution is -0.127. The molecule has 4 nitrogen and oxygen atoms in total. The molecule has 1 heterocycles. The first-order valence-corrected chi connectivity index (χ1v) is 7.15. The van der Waals surface area contributed by atoms with Crippen molar-refractivity contribution in [3.05, 3.63) is 60.2 Å². The van der Waals surface area contributed by atoms with Crippen LogP contribution in [0.3, 0.4) is 0 Å². The van der Waals surface area contributed by atoms with Crippen molar-refractivity contribution in [1.29, 1.82) is 0 Å². The Morgan fingerprint density at radius 1 is 0.952 bits per heavy atom. The molecule has 2 rings (SSSR count). The average molecular weight is 284 g/mol. The maximum Gasteiger partial charge on any atom is 0.253 e. The van der Waals surface area contributed by atoms with Gasteiger partial charge in [-0.1, -0.05) is 36.4 Å². The highest BCUT2D eigenvalue weighted by atomic mass is 16.2. The van der Waals surface area contributed by atoms with E-state index in [4.69, 9.17) is 0 Å². The van der Waals surface area contributed by atoms with E-state index in [0.717, 1.165) is 0 Å². The molecule has 0 radical (unpaired) electrons. The Kier molecular flexibility index (Phi) is 5.32. The zero-order chi connectivity index (χ0) is 15.1. The van der Waals surface area contributed by atoms with E-state index in [2.05, 4.69) is 0 Å². The first-order valence-electron chi connectivity index (χ1n) is 7.15. The highest BCUT2D eigenvalue weighted by molar-refractivity contribution is 5.94. The summed E-state index contributed by atoms with van der Waals surface area (Å²) in [5.41, 5.74) is 0.699. The molecule has 1 fully saturated rings. The topological polar surface area (TPSA) is 40.6 Å². The van der Waals surface area contributed by atoms with Crippen LogP contribution in [0.25, 0.3) is 0 Å². The van der Waals surface area contributed by atoms with Gasteiger partial charge in [0, 0.05) is 37.8 Å². The SMILES string of the molecule is C/C=C/C=C/C(=O)N1CCN(C(=O)c2ccccc2)CC1. The molecule has 1 aromatic carbocycles. The Labute approximate surface area is 125 Å². The summed E-state index contributed by atoms with van der Waals surface area (Å²) in [4.78, 5) is 27.8. The van der Waals surface area contributed by atoms with Gasteiger partial charge in [0.15, 0.2) is 0 Å². The molecule has 0 aliphatic carbocycles. The lowest BCUT2D eigenvalue weighted by atomic mass is 10.2. The summed E-state index contributed by atoms with van der Waals surface area (Å²) < 4.78 is 0. The fourth-order valence-corrected chi connectivity index (χ4v) is 2.25. The van der Waals surface area contributed by atoms with Gasteiger partial charge >= 0.3 is 0 Å². The lowest BCUT2D eigenvalue weighted by Gasteiger charge is -2.34. The molecule has 0 saturated carbocycles. The lowest BCUT2D eigenvalue weighted by Crippen LogP contribution is -2.50. The minimum absolute atomic E-state index is 0.0000832. The molecule has 1 aliphatic rings. The fraction of sp³-hybridized carbons (Fsp3) is 0.294. The summed E-state index contributed by atoms with van der Waals surface area (Å²) in [5, 5.41) is 0. The molecule has 0 spiro atoms. The van der Waals surface area contributed by atoms with Crippen molar-refractivity contribution in [2.45, 2.75) is 6.92 Å². The van der Waals surface area contributed by atoms with Crippen LogP contribution in [0, 0.1) is 0 Å². The normalized spacial score (nSPS) is 15.9. The molecule has 1 aliphatic heterocycles. The van der Waals surface area contributed by atoms with Gasteiger partial charge in [0.05, 0.1) is 0 Å². The van der Waals surface area contributed by atoms with E-state index in [0.29, 0.717) is 31.7 Å². The highest BCUT2D eigenvalue weighted by Crippen LogP contribution is 2.09. The number of carbonyl (C=O) groups excluding carboxylic acids is 2. The van der Waals surface area contributed by atoms with Crippen LogP contribution in [0.15, 0.2) is 54.6 Å². The number of benzene rings is 1. The summed E-state index contributed by atoms with van der Waals surface area (Å²) in [6, 6.07) is 9.25. The standard InChI is InChI=1S/C17H20N2O2/c1-2-3-5-10-16(20)18-11-13-19(14-12-18)17(21)15-8-6-4-7-9-15/h2-10H,11-14H2,1H3/b3-2+,10-5+. The van der Waals surface area contributed by atoms with Gasteiger partial charge in [-0.15, -0.1) is 0 Å². The Hall–Kier alpha value is -2.36. The average Bonchev–Trinajstić information content (AvgIpc) is 2.55. The van der Waals surface area contributed by atoms with Crippen molar-refractivity contribution in [2.75, 3.05) is 26.2 Å². The third-order valence-electron chi connectivity index (χ3n) is 3.44. The Morgan fingerprint density at radius 2 is 1.57 bits per heavy atom. The summed E-state index contributed by atoms with van der Waals surface area (Å²) in [6.45, 7) is 4.23. The van der Waals surface area contributed by atoms with E-state index >= 15 is 0 Å². The van der Waals surface area contributed by atoms with Crippen molar-refractivity contribution < 1.29 is 9.59 Å². The number of nitrogens with zero attached hydrogens (tertiary/aromatic N) is 2. The highest BCUT2D eigenvalue weighted by Gasteiger charge is 2.23. The van der Waals surface area contributed by atoms with Crippen LogP contribution in [0.2, 0.25) is 0 Å². The van der Waals surface area contributed by atoms with Crippen LogP contribution in [0.5, 0.6) is 0 Å². The number of piperazine rings is 1. The maximum absolute atomic E-state index is 12.3. The molecule has 1 aromatic rings. The second-order valence-corrected chi connectivity index (χ2v) is 4.87. The Morgan fingerprint density at radius 3 is 2.19 bits per heavy atom. The van der Waals surface area contributed by atoms with Crippen LogP contribution in [-0.4, -0.2) is 47.8 Å². The number of hydrogen-bond donors (Lipinski definition) is 0. The first-order chi connectivity index (χ1) is 10.2. The number of allylic oxidation sites excluding steroid dienone is 3. The second-order valence-electron chi connectivity index (χ2n) is 4.87. The quantitative estimate of drug-likeness (QED) is 0.630. The van der Waals surface area contributed by atoms with Gasteiger partial charge in [-0.2, -0.15) is 0 Å². The van der Waals surface area contributed by atoms with Crippen molar-refractivity contribution in [2.24, 2.45) is 0 Å². The first kappa shape index (κ1) is 15.0. The predicted octanol–water partition coefficient (Wildman–Crippen LogP) is 2.10. The summed E-state index contributed by atoms with van der Waals surface area (Å²) in [6.07, 6.45) is 7.01. The molecule has 110 valence electrons. The minimum Gasteiger partial charge on any atom is -0.336 e. The van der Waals surface area contributed by atoms with E-state index < -0.39 is 0 Å². The summed E-state index contributed by atoms with van der Waals surface area (Å²) in [5.74, 6) is 0.0343. The van der Waals surface area contributed by atoms with Crippen molar-refractivity contribution in [3.63, 3.8) is 0 Å². The molecular weight excluding hydrogens is 264 g/mol. The van der Waals surface area contributed by atoms with Crippen molar-refractivity contribution in [3.8, 4) is 0 Å². The zero-order valence-corrected chi connectivity index (χ0v) is 12.2. The van der Waals surface area contributed by atoms with Crippen LogP contribution in [0.4, 0.5) is 0 Å². The molecule has 0 bridgehead atoms. The van der Waals surface area contributed by atoms with Gasteiger partial charge in [-0.3, -0.25) is 9.59 Å². The monoisotopic (exact) mass is 284 g/mol. The predicted molar refractivity (Wildman–Crippen MR) is 82.9 cm³/mol. The molecule has 1 saturated heterocycles. The minimum atomic E-state index is -0.0000832. The van der Waals surface area contributed by atoms with E-state index in [9.17, 15) is 9.59 Å². The van der Waals surface area contributed by atoms with Crippen LogP contribution >= 0.6 is 0 Å². The smallest absolute Gasteiger partial charge is 0.253 e. The molecule has 0 atom stereocenters. The van der Waals surface area contributed by atoms with E-state index in [1.54, 1.807) is 22.0 Å². The fourth-order valence-electron chi connectivity index (χ4n) is 2.25. The summed E-state index contributed by atoms with van der Waals surface area (Å²) in [7, 11) is 0. The number of amides is 2. The van der Waals surface area contributed by atoms with Crippen molar-refractivity contribution >= 4 is 11.8 Å². The maximum atomic E-state index is 12.3. The largest absolute Gasteiger partial charge is 0.336 e. The molecule has 2 amide bonds. The number of carbonyl (C=O) groups is 2. The molecule has 4 heteroatoms. The van der Waals surface area contributed by atoms with Gasteiger partial charge < -0.3 is 9.80 Å². The van der Waals surface area contributed by atoms with Crippen LogP contribution in [0.1, 0.15) is 17.3 Å². The number of hydrogen-bond acceptors (Lipinski definition) is 2. The van der Waals surface area contributed by atoms with Gasteiger partial charge in [-0.05, 0) is 19.1 Å². The van der Waals surface area contributed by atoms with E-state index in [1.165, 1.54) is 0 Å².